The van der Waals surface area contributed by atoms with E-state index in [1.54, 1.807) is 44.6 Å². The van der Waals surface area contributed by atoms with Crippen molar-refractivity contribution in [1.82, 2.24) is 5.32 Å². The quantitative estimate of drug-likeness (QED) is 0.406. The van der Waals surface area contributed by atoms with Gasteiger partial charge in [-0.2, -0.15) is 0 Å². The molecule has 2 amide bonds. The molecule has 4 rings (SSSR count). The van der Waals surface area contributed by atoms with Crippen LogP contribution in [0.2, 0.25) is 5.02 Å². The summed E-state index contributed by atoms with van der Waals surface area (Å²) in [6.45, 7) is 1.88. The average Bonchev–Trinajstić information content (AvgIpc) is 3.32. The van der Waals surface area contributed by atoms with Crippen molar-refractivity contribution in [2.24, 2.45) is 0 Å². The number of nitrogens with one attached hydrogen (secondary N) is 1. The zero-order chi connectivity index (χ0) is 22.8. The average molecular weight is 472 g/mol. The van der Waals surface area contributed by atoms with Crippen LogP contribution in [0, 0.1) is 0 Å². The van der Waals surface area contributed by atoms with Crippen LogP contribution < -0.4 is 24.6 Å². The predicted molar refractivity (Wildman–Crippen MR) is 129 cm³/mol. The van der Waals surface area contributed by atoms with Crippen molar-refractivity contribution in [3.05, 3.63) is 52.6 Å². The molecule has 166 valence electrons. The van der Waals surface area contributed by atoms with E-state index >= 15 is 0 Å². The molecule has 0 unspecified atom stereocenters. The van der Waals surface area contributed by atoms with E-state index in [1.807, 2.05) is 6.07 Å². The molecule has 2 aromatic rings. The normalized spacial score (nSPS) is 17.7. The number of rotatable bonds is 5. The first kappa shape index (κ1) is 22.1. The van der Waals surface area contributed by atoms with Crippen LogP contribution in [0.15, 0.2) is 42.0 Å². The number of carbonyl (C=O) groups is 2. The smallest absolute Gasteiger partial charge is 0.270 e. The zero-order valence-corrected chi connectivity index (χ0v) is 19.3. The highest BCUT2D eigenvalue weighted by Crippen LogP contribution is 2.38. The Balaban J connectivity index is 1.75. The predicted octanol–water partition coefficient (Wildman–Crippen LogP) is 3.79. The summed E-state index contributed by atoms with van der Waals surface area (Å²) in [5.74, 6) is 0.0702. The third-order valence-electron chi connectivity index (χ3n) is 5.46. The summed E-state index contributed by atoms with van der Waals surface area (Å²) >= 11 is 11.2. The molecule has 32 heavy (non-hydrogen) atoms. The molecule has 2 fully saturated rings. The lowest BCUT2D eigenvalue weighted by Gasteiger charge is -2.29. The maximum absolute atomic E-state index is 13.3. The van der Waals surface area contributed by atoms with E-state index in [1.165, 1.54) is 11.0 Å². The molecule has 1 N–H and O–H groups in total. The molecule has 2 aromatic carbocycles. The number of nitrogens with zero attached hydrogens (tertiary/aromatic N) is 2. The Bertz CT molecular complexity index is 1110. The van der Waals surface area contributed by atoms with Gasteiger partial charge in [0.15, 0.2) is 5.11 Å². The number of benzene rings is 2. The highest BCUT2D eigenvalue weighted by Gasteiger charge is 2.35. The zero-order valence-electron chi connectivity index (χ0n) is 17.7. The van der Waals surface area contributed by atoms with Gasteiger partial charge in [0.2, 0.25) is 0 Å². The molecule has 2 aliphatic heterocycles. The van der Waals surface area contributed by atoms with Crippen molar-refractivity contribution in [1.29, 1.82) is 0 Å². The van der Waals surface area contributed by atoms with Gasteiger partial charge >= 0.3 is 0 Å². The van der Waals surface area contributed by atoms with Gasteiger partial charge in [-0.05, 0) is 61.5 Å². The molecule has 0 aromatic heterocycles. The van der Waals surface area contributed by atoms with Crippen LogP contribution in [0.3, 0.4) is 0 Å². The summed E-state index contributed by atoms with van der Waals surface area (Å²) < 4.78 is 11.2. The fourth-order valence-electron chi connectivity index (χ4n) is 3.86. The van der Waals surface area contributed by atoms with Gasteiger partial charge in [-0.15, -0.1) is 0 Å². The minimum atomic E-state index is -0.574. The lowest BCUT2D eigenvalue weighted by atomic mass is 10.0. The summed E-state index contributed by atoms with van der Waals surface area (Å²) in [4.78, 5) is 29.4. The van der Waals surface area contributed by atoms with Gasteiger partial charge in [-0.3, -0.25) is 19.8 Å². The van der Waals surface area contributed by atoms with Crippen molar-refractivity contribution in [3.8, 4) is 11.5 Å². The van der Waals surface area contributed by atoms with Crippen molar-refractivity contribution in [2.75, 3.05) is 37.1 Å². The molecular weight excluding hydrogens is 450 g/mol. The summed E-state index contributed by atoms with van der Waals surface area (Å²) in [6.07, 6.45) is 3.73. The summed E-state index contributed by atoms with van der Waals surface area (Å²) in [6, 6.07) is 10.3. The van der Waals surface area contributed by atoms with Crippen LogP contribution in [0.5, 0.6) is 11.5 Å². The molecular formula is C23H22ClN3O4S. The van der Waals surface area contributed by atoms with Crippen LogP contribution in [0.25, 0.3) is 6.08 Å². The van der Waals surface area contributed by atoms with Crippen LogP contribution in [0.4, 0.5) is 11.4 Å². The third kappa shape index (κ3) is 4.16. The second-order valence-corrected chi connectivity index (χ2v) is 8.22. The van der Waals surface area contributed by atoms with Crippen LogP contribution in [-0.4, -0.2) is 44.2 Å². The van der Waals surface area contributed by atoms with Gasteiger partial charge in [0.1, 0.15) is 17.1 Å². The number of halogens is 1. The molecule has 0 spiro atoms. The van der Waals surface area contributed by atoms with E-state index in [-0.39, 0.29) is 10.7 Å². The first-order valence-corrected chi connectivity index (χ1v) is 10.9. The van der Waals surface area contributed by atoms with E-state index in [9.17, 15) is 9.59 Å². The Morgan fingerprint density at radius 2 is 1.69 bits per heavy atom. The minimum absolute atomic E-state index is 0.00778. The highest BCUT2D eigenvalue weighted by atomic mass is 35.5. The number of amides is 2. The van der Waals surface area contributed by atoms with E-state index in [0.717, 1.165) is 31.6 Å². The maximum atomic E-state index is 13.3. The van der Waals surface area contributed by atoms with E-state index in [4.69, 9.17) is 33.3 Å². The Labute approximate surface area is 196 Å². The third-order valence-corrected chi connectivity index (χ3v) is 6.00. The van der Waals surface area contributed by atoms with Gasteiger partial charge in [-0.25, -0.2) is 0 Å². The number of methoxy groups -OCH3 is 2. The van der Waals surface area contributed by atoms with Crippen molar-refractivity contribution < 1.29 is 19.1 Å². The topological polar surface area (TPSA) is 71.1 Å². The molecule has 0 bridgehead atoms. The van der Waals surface area contributed by atoms with E-state index in [0.29, 0.717) is 27.8 Å². The number of ether oxygens (including phenoxy) is 2. The Kier molecular flexibility index (Phi) is 6.34. The Hall–Kier alpha value is -3.10. The molecule has 9 heteroatoms. The maximum Gasteiger partial charge on any atom is 0.270 e. The lowest BCUT2D eigenvalue weighted by Crippen LogP contribution is -2.54. The van der Waals surface area contributed by atoms with E-state index in [2.05, 4.69) is 10.2 Å². The minimum Gasteiger partial charge on any atom is -0.496 e. The van der Waals surface area contributed by atoms with Gasteiger partial charge in [0.05, 0.1) is 25.6 Å². The van der Waals surface area contributed by atoms with Gasteiger partial charge in [-0.1, -0.05) is 11.6 Å². The van der Waals surface area contributed by atoms with Crippen molar-refractivity contribution >= 4 is 58.2 Å². The first-order valence-electron chi connectivity index (χ1n) is 10.1. The molecule has 2 aliphatic rings. The van der Waals surface area contributed by atoms with Gasteiger partial charge in [0.25, 0.3) is 11.8 Å². The fraction of sp³-hybridized carbons (Fsp3) is 0.261. The fourth-order valence-corrected chi connectivity index (χ4v) is 4.27. The Morgan fingerprint density at radius 3 is 2.31 bits per heavy atom. The molecule has 0 saturated carbocycles. The van der Waals surface area contributed by atoms with Crippen LogP contribution in [-0.2, 0) is 9.59 Å². The number of hydrogen-bond donors (Lipinski definition) is 1. The summed E-state index contributed by atoms with van der Waals surface area (Å²) in [5.41, 5.74) is 1.91. The highest BCUT2D eigenvalue weighted by molar-refractivity contribution is 7.80. The largest absolute Gasteiger partial charge is 0.496 e. The standard InChI is InChI=1S/C23H22ClN3O4S/c1-30-19-13-18(26-9-3-4-10-26)20(31-2)12-14(19)11-17-21(28)25-23(32)27(22(17)29)16-7-5-15(24)6-8-16/h5-8,11-13H,3-4,9-10H2,1-2H3,(H,25,28,32)/b17-11+. The van der Waals surface area contributed by atoms with Crippen molar-refractivity contribution in [2.45, 2.75) is 12.8 Å². The number of anilines is 2. The Morgan fingerprint density at radius 1 is 1.03 bits per heavy atom. The lowest BCUT2D eigenvalue weighted by molar-refractivity contribution is -0.122. The number of thiocarbonyl (C=S) groups is 1. The first-order chi connectivity index (χ1) is 15.4. The van der Waals surface area contributed by atoms with Crippen LogP contribution >= 0.6 is 23.8 Å². The van der Waals surface area contributed by atoms with Crippen LogP contribution in [0.1, 0.15) is 18.4 Å². The number of carbonyl (C=O) groups excluding carboxylic acids is 2. The second-order valence-electron chi connectivity index (χ2n) is 7.39. The molecule has 2 heterocycles. The second kappa shape index (κ2) is 9.18. The summed E-state index contributed by atoms with van der Waals surface area (Å²) in [7, 11) is 3.15. The monoisotopic (exact) mass is 471 g/mol. The summed E-state index contributed by atoms with van der Waals surface area (Å²) in [5, 5.41) is 3.12. The molecule has 7 nitrogen and oxygen atoms in total. The molecule has 0 atom stereocenters. The SMILES string of the molecule is COc1cc(N2CCCC2)c(OC)cc1/C=C1\C(=O)NC(=S)N(c2ccc(Cl)cc2)C1=O. The molecule has 0 aliphatic carbocycles. The van der Waals surface area contributed by atoms with Crippen molar-refractivity contribution in [3.63, 3.8) is 0 Å². The van der Waals surface area contributed by atoms with E-state index < -0.39 is 11.8 Å². The van der Waals surface area contributed by atoms with Gasteiger partial charge < -0.3 is 14.4 Å². The van der Waals surface area contributed by atoms with Gasteiger partial charge in [0, 0.05) is 29.7 Å². The molecule has 2 saturated heterocycles. The number of hydrogen-bond acceptors (Lipinski definition) is 6. The molecule has 0 radical (unpaired) electrons.